The van der Waals surface area contributed by atoms with Crippen LogP contribution in [0.25, 0.3) is 0 Å². The third-order valence-electron chi connectivity index (χ3n) is 6.34. The molecule has 0 aliphatic carbocycles. The number of ketones is 1. The number of unbranched alkanes of at least 4 members (excludes halogenated alkanes) is 15. The summed E-state index contributed by atoms with van der Waals surface area (Å²) in [6.07, 6.45) is 24.6. The van der Waals surface area contributed by atoms with Crippen molar-refractivity contribution in [2.45, 2.75) is 135 Å². The summed E-state index contributed by atoms with van der Waals surface area (Å²) < 4.78 is 11.1. The van der Waals surface area contributed by atoms with Gasteiger partial charge in [0.05, 0.1) is 12.7 Å². The molecule has 0 aromatic rings. The van der Waals surface area contributed by atoms with Gasteiger partial charge in [-0.3, -0.25) is 4.79 Å². The van der Waals surface area contributed by atoms with Gasteiger partial charge in [0.1, 0.15) is 6.61 Å². The number of hydrogen-bond acceptors (Lipinski definition) is 4. The molecule has 0 heterocycles. The first-order chi connectivity index (χ1) is 15.6. The zero-order chi connectivity index (χ0) is 23.7. The Labute approximate surface area is 201 Å². The van der Waals surface area contributed by atoms with Gasteiger partial charge in [0.15, 0.2) is 5.78 Å². The Balaban J connectivity index is 3.32. The van der Waals surface area contributed by atoms with E-state index in [0.717, 1.165) is 25.8 Å². The first-order valence-corrected chi connectivity index (χ1v) is 13.9. The highest BCUT2D eigenvalue weighted by Gasteiger charge is 2.09. The van der Waals surface area contributed by atoms with Crippen molar-refractivity contribution in [1.82, 2.24) is 4.90 Å². The Morgan fingerprint density at radius 2 is 1.19 bits per heavy atom. The van der Waals surface area contributed by atoms with Gasteiger partial charge in [-0.15, -0.1) is 0 Å². The summed E-state index contributed by atoms with van der Waals surface area (Å²) in [4.78, 5) is 14.2. The number of rotatable bonds is 26. The molecule has 1 atom stereocenters. The Morgan fingerprint density at radius 3 is 1.62 bits per heavy atom. The number of ether oxygens (including phenoxy) is 2. The lowest BCUT2D eigenvalue weighted by molar-refractivity contribution is -0.125. The molecule has 0 amide bonds. The minimum absolute atomic E-state index is 0.0956. The molecule has 32 heavy (non-hydrogen) atoms. The summed E-state index contributed by atoms with van der Waals surface area (Å²) in [6.45, 7) is 4.10. The van der Waals surface area contributed by atoms with Crippen LogP contribution in [0.5, 0.6) is 0 Å². The van der Waals surface area contributed by atoms with Crippen LogP contribution in [0.2, 0.25) is 0 Å². The van der Waals surface area contributed by atoms with Crippen LogP contribution in [-0.2, 0) is 14.3 Å². The Morgan fingerprint density at radius 1 is 0.719 bits per heavy atom. The molecule has 0 bridgehead atoms. The van der Waals surface area contributed by atoms with E-state index in [9.17, 15) is 4.79 Å². The van der Waals surface area contributed by atoms with E-state index in [-0.39, 0.29) is 18.5 Å². The molecule has 0 aliphatic rings. The van der Waals surface area contributed by atoms with Crippen molar-refractivity contribution in [1.29, 1.82) is 0 Å². The molecule has 0 aromatic carbocycles. The summed E-state index contributed by atoms with van der Waals surface area (Å²) in [5.41, 5.74) is 0. The quantitative estimate of drug-likeness (QED) is 0.126. The molecule has 0 saturated carbocycles. The zero-order valence-corrected chi connectivity index (χ0v) is 22.3. The normalized spacial score (nSPS) is 12.5. The van der Waals surface area contributed by atoms with Crippen LogP contribution in [-0.4, -0.2) is 57.8 Å². The first-order valence-electron chi connectivity index (χ1n) is 13.9. The molecule has 0 aromatic heterocycles. The van der Waals surface area contributed by atoms with E-state index < -0.39 is 0 Å². The molecule has 192 valence electrons. The fourth-order valence-electron chi connectivity index (χ4n) is 4.15. The van der Waals surface area contributed by atoms with Crippen molar-refractivity contribution >= 4 is 5.78 Å². The number of hydrogen-bond donors (Lipinski definition) is 0. The Hall–Kier alpha value is -0.450. The molecule has 0 radical (unpaired) electrons. The third kappa shape index (κ3) is 24.2. The van der Waals surface area contributed by atoms with Crippen molar-refractivity contribution < 1.29 is 14.3 Å². The molecule has 0 spiro atoms. The summed E-state index contributed by atoms with van der Waals surface area (Å²) in [7, 11) is 5.88. The molecule has 0 aliphatic heterocycles. The van der Waals surface area contributed by atoms with Crippen molar-refractivity contribution in [3.05, 3.63) is 0 Å². The number of nitrogens with zero attached hydrogens (tertiary/aromatic N) is 1. The van der Waals surface area contributed by atoms with Gasteiger partial charge in [0.25, 0.3) is 0 Å². The summed E-state index contributed by atoms with van der Waals surface area (Å²) >= 11 is 0. The fraction of sp³-hybridized carbons (Fsp3) is 0.964. The average molecular weight is 456 g/mol. The van der Waals surface area contributed by atoms with Crippen LogP contribution >= 0.6 is 0 Å². The average Bonchev–Trinajstić information content (AvgIpc) is 2.77. The van der Waals surface area contributed by atoms with Crippen LogP contribution in [0, 0.1) is 0 Å². The summed E-state index contributed by atoms with van der Waals surface area (Å²) in [6, 6.07) is 0. The monoisotopic (exact) mass is 455 g/mol. The molecule has 4 nitrogen and oxygen atoms in total. The molecule has 0 saturated heterocycles. The Kier molecular flexibility index (Phi) is 24.8. The van der Waals surface area contributed by atoms with E-state index in [0.29, 0.717) is 13.0 Å². The maximum Gasteiger partial charge on any atom is 0.158 e. The fourth-order valence-corrected chi connectivity index (χ4v) is 4.15. The van der Waals surface area contributed by atoms with E-state index in [4.69, 9.17) is 9.47 Å². The number of carbonyl (C=O) groups is 1. The molecular weight excluding hydrogens is 398 g/mol. The van der Waals surface area contributed by atoms with Crippen molar-refractivity contribution in [3.8, 4) is 0 Å². The molecule has 0 rings (SSSR count). The van der Waals surface area contributed by atoms with E-state index in [1.807, 2.05) is 0 Å². The van der Waals surface area contributed by atoms with Gasteiger partial charge in [-0.05, 0) is 39.9 Å². The first kappa shape index (κ1) is 31.6. The van der Waals surface area contributed by atoms with E-state index in [2.05, 4.69) is 25.9 Å². The standard InChI is InChI=1S/C28H57NO3/c1-5-6-7-8-9-10-11-12-13-14-15-16-17-18-19-20-22-27(30)25-32-26-28(31-4)23-21-24-29(2)3/h28H,5-26H2,1-4H3. The molecule has 0 N–H and O–H groups in total. The van der Waals surface area contributed by atoms with E-state index in [1.54, 1.807) is 7.11 Å². The van der Waals surface area contributed by atoms with Gasteiger partial charge in [0.2, 0.25) is 0 Å². The van der Waals surface area contributed by atoms with Crippen LogP contribution in [0.3, 0.4) is 0 Å². The number of carbonyl (C=O) groups excluding carboxylic acids is 1. The predicted molar refractivity (Wildman–Crippen MR) is 139 cm³/mol. The predicted octanol–water partition coefficient (Wildman–Crippen LogP) is 7.58. The summed E-state index contributed by atoms with van der Waals surface area (Å²) in [5, 5.41) is 0. The number of methoxy groups -OCH3 is 1. The topological polar surface area (TPSA) is 38.8 Å². The smallest absolute Gasteiger partial charge is 0.158 e. The van der Waals surface area contributed by atoms with Crippen LogP contribution in [0.4, 0.5) is 0 Å². The molecule has 4 heteroatoms. The highest BCUT2D eigenvalue weighted by Crippen LogP contribution is 2.14. The van der Waals surface area contributed by atoms with Gasteiger partial charge in [-0.2, -0.15) is 0 Å². The molecule has 1 unspecified atom stereocenters. The SMILES string of the molecule is CCCCCCCCCCCCCCCCCCC(=O)COCC(CCCN(C)C)OC. The second-order valence-corrected chi connectivity index (χ2v) is 9.91. The second kappa shape index (κ2) is 25.2. The van der Waals surface area contributed by atoms with Gasteiger partial charge in [-0.25, -0.2) is 0 Å². The van der Waals surface area contributed by atoms with Gasteiger partial charge >= 0.3 is 0 Å². The van der Waals surface area contributed by atoms with Crippen LogP contribution in [0.1, 0.15) is 129 Å². The van der Waals surface area contributed by atoms with Gasteiger partial charge < -0.3 is 14.4 Å². The highest BCUT2D eigenvalue weighted by atomic mass is 16.5. The van der Waals surface area contributed by atoms with Crippen LogP contribution in [0.15, 0.2) is 0 Å². The lowest BCUT2D eigenvalue weighted by atomic mass is 10.0. The maximum atomic E-state index is 12.0. The lowest BCUT2D eigenvalue weighted by Crippen LogP contribution is -2.23. The van der Waals surface area contributed by atoms with Gasteiger partial charge in [0, 0.05) is 13.5 Å². The summed E-state index contributed by atoms with van der Waals surface area (Å²) in [5.74, 6) is 0.235. The number of Topliss-reactive ketones (excluding diaryl/α,β-unsaturated/α-hetero) is 1. The maximum absolute atomic E-state index is 12.0. The van der Waals surface area contributed by atoms with E-state index in [1.165, 1.54) is 96.3 Å². The van der Waals surface area contributed by atoms with Crippen molar-refractivity contribution in [2.75, 3.05) is 41.0 Å². The highest BCUT2D eigenvalue weighted by molar-refractivity contribution is 5.79. The Bertz CT molecular complexity index is 387. The van der Waals surface area contributed by atoms with E-state index >= 15 is 0 Å². The third-order valence-corrected chi connectivity index (χ3v) is 6.34. The van der Waals surface area contributed by atoms with Crippen LogP contribution < -0.4 is 0 Å². The minimum atomic E-state index is 0.0956. The molecule has 0 fully saturated rings. The lowest BCUT2D eigenvalue weighted by Gasteiger charge is -2.16. The van der Waals surface area contributed by atoms with Crippen molar-refractivity contribution in [3.63, 3.8) is 0 Å². The largest absolute Gasteiger partial charge is 0.379 e. The minimum Gasteiger partial charge on any atom is -0.379 e. The zero-order valence-electron chi connectivity index (χ0n) is 22.3. The molecular formula is C28H57NO3. The van der Waals surface area contributed by atoms with Gasteiger partial charge in [-0.1, -0.05) is 103 Å². The van der Waals surface area contributed by atoms with Crippen molar-refractivity contribution in [2.24, 2.45) is 0 Å². The second-order valence-electron chi connectivity index (χ2n) is 9.91.